The van der Waals surface area contributed by atoms with E-state index >= 15 is 0 Å². The Morgan fingerprint density at radius 3 is 2.64 bits per heavy atom. The second-order valence-electron chi connectivity index (χ2n) is 3.93. The Balaban J connectivity index is 1.94. The Morgan fingerprint density at radius 1 is 1.45 bits per heavy atom. The van der Waals surface area contributed by atoms with Crippen molar-refractivity contribution in [2.24, 2.45) is 5.92 Å². The van der Waals surface area contributed by atoms with Gasteiger partial charge in [-0.3, -0.25) is 0 Å². The van der Waals surface area contributed by atoms with Crippen LogP contribution in [-0.4, -0.2) is 10.5 Å². The lowest BCUT2D eigenvalue weighted by Crippen LogP contribution is -2.17. The van der Waals surface area contributed by atoms with Gasteiger partial charge in [0.1, 0.15) is 0 Å². The van der Waals surface area contributed by atoms with Crippen molar-refractivity contribution in [3.05, 3.63) is 12.7 Å². The molecule has 1 heteroatoms. The number of hydrogen-bond donors (Lipinski definition) is 0. The van der Waals surface area contributed by atoms with Gasteiger partial charge in [0.25, 0.3) is 0 Å². The summed E-state index contributed by atoms with van der Waals surface area (Å²) in [5.41, 5.74) is 0. The molecular formula is C10H16S. The fourth-order valence-electron chi connectivity index (χ4n) is 2.58. The molecule has 2 rings (SSSR count). The van der Waals surface area contributed by atoms with Crippen LogP contribution in [0, 0.1) is 5.92 Å². The summed E-state index contributed by atoms with van der Waals surface area (Å²) in [5.74, 6) is 2.25. The van der Waals surface area contributed by atoms with Gasteiger partial charge in [0, 0.05) is 10.5 Å². The molecule has 62 valence electrons. The van der Waals surface area contributed by atoms with E-state index in [-0.39, 0.29) is 0 Å². The Hall–Kier alpha value is 0.0900. The molecule has 0 spiro atoms. The van der Waals surface area contributed by atoms with Crippen LogP contribution in [0.15, 0.2) is 12.7 Å². The highest BCUT2D eigenvalue weighted by Gasteiger charge is 2.44. The van der Waals surface area contributed by atoms with Gasteiger partial charge in [-0.15, -0.1) is 6.58 Å². The monoisotopic (exact) mass is 168 g/mol. The Morgan fingerprint density at radius 2 is 2.18 bits per heavy atom. The lowest BCUT2D eigenvalue weighted by Gasteiger charge is -2.24. The van der Waals surface area contributed by atoms with Crippen LogP contribution in [0.3, 0.4) is 0 Å². The molecule has 0 aliphatic heterocycles. The molecule has 0 aromatic rings. The maximum atomic E-state index is 3.78. The van der Waals surface area contributed by atoms with Gasteiger partial charge in [-0.25, -0.2) is 0 Å². The zero-order valence-corrected chi connectivity index (χ0v) is 7.83. The normalized spacial score (nSPS) is 41.3. The second-order valence-corrected chi connectivity index (χ2v) is 5.42. The highest BCUT2D eigenvalue weighted by Crippen LogP contribution is 2.55. The van der Waals surface area contributed by atoms with Crippen molar-refractivity contribution >= 4 is 11.8 Å². The van der Waals surface area contributed by atoms with Gasteiger partial charge in [0.15, 0.2) is 0 Å². The van der Waals surface area contributed by atoms with Crippen molar-refractivity contribution in [2.75, 3.05) is 5.75 Å². The number of fused-ring (bicyclic) bond motifs is 2. The quantitative estimate of drug-likeness (QED) is 0.583. The van der Waals surface area contributed by atoms with Crippen LogP contribution in [0.2, 0.25) is 0 Å². The first kappa shape index (κ1) is 7.72. The predicted octanol–water partition coefficient (Wildman–Crippen LogP) is 3.24. The number of hydrogen-bond acceptors (Lipinski definition) is 1. The van der Waals surface area contributed by atoms with Gasteiger partial charge in [0.05, 0.1) is 0 Å². The van der Waals surface area contributed by atoms with Crippen LogP contribution < -0.4 is 0 Å². The molecule has 11 heavy (non-hydrogen) atoms. The van der Waals surface area contributed by atoms with E-state index in [1.54, 1.807) is 0 Å². The van der Waals surface area contributed by atoms with Crippen molar-refractivity contribution in [3.63, 3.8) is 0 Å². The molecule has 0 atom stereocenters. The van der Waals surface area contributed by atoms with Gasteiger partial charge in [0.2, 0.25) is 0 Å². The fraction of sp³-hybridized carbons (Fsp3) is 0.800. The lowest BCUT2D eigenvalue weighted by molar-refractivity contribution is 0.500. The zero-order valence-electron chi connectivity index (χ0n) is 7.01. The summed E-state index contributed by atoms with van der Waals surface area (Å²) in [6, 6.07) is 0. The van der Waals surface area contributed by atoms with Crippen molar-refractivity contribution < 1.29 is 0 Å². The van der Waals surface area contributed by atoms with E-state index in [9.17, 15) is 0 Å². The van der Waals surface area contributed by atoms with E-state index in [1.807, 2.05) is 6.08 Å². The minimum Gasteiger partial charge on any atom is -0.151 e. The third-order valence-corrected chi connectivity index (χ3v) is 4.77. The van der Waals surface area contributed by atoms with Gasteiger partial charge in [-0.1, -0.05) is 6.08 Å². The topological polar surface area (TPSA) is 0 Å². The third-order valence-electron chi connectivity index (χ3n) is 3.18. The molecule has 0 unspecified atom stereocenters. The fourth-order valence-corrected chi connectivity index (χ4v) is 3.93. The average molecular weight is 168 g/mol. The molecule has 0 radical (unpaired) electrons. The first-order valence-electron chi connectivity index (χ1n) is 4.59. The predicted molar refractivity (Wildman–Crippen MR) is 52.0 cm³/mol. The summed E-state index contributed by atoms with van der Waals surface area (Å²) in [4.78, 5) is 0. The molecule has 0 N–H and O–H groups in total. The van der Waals surface area contributed by atoms with Gasteiger partial charge < -0.3 is 0 Å². The minimum atomic E-state index is 0.707. The summed E-state index contributed by atoms with van der Waals surface area (Å²) < 4.78 is 0.707. The molecule has 2 fully saturated rings. The van der Waals surface area contributed by atoms with Crippen molar-refractivity contribution in [3.8, 4) is 0 Å². The lowest BCUT2D eigenvalue weighted by atomic mass is 10.0. The summed E-state index contributed by atoms with van der Waals surface area (Å²) in [6.07, 6.45) is 9.53. The van der Waals surface area contributed by atoms with Crippen LogP contribution in [0.25, 0.3) is 0 Å². The summed E-state index contributed by atoms with van der Waals surface area (Å²) >= 11 is 2.16. The molecular weight excluding hydrogens is 152 g/mol. The minimum absolute atomic E-state index is 0.707. The molecule has 2 bridgehead atoms. The van der Waals surface area contributed by atoms with Crippen LogP contribution in [0.1, 0.15) is 32.1 Å². The molecule has 2 saturated carbocycles. The average Bonchev–Trinajstić information content (AvgIpc) is 2.60. The maximum absolute atomic E-state index is 3.78. The molecule has 0 nitrogen and oxygen atoms in total. The van der Waals surface area contributed by atoms with E-state index in [1.165, 1.54) is 32.1 Å². The van der Waals surface area contributed by atoms with E-state index in [0.717, 1.165) is 11.7 Å². The Kier molecular flexibility index (Phi) is 2.00. The summed E-state index contributed by atoms with van der Waals surface area (Å²) in [7, 11) is 0. The van der Waals surface area contributed by atoms with Crippen molar-refractivity contribution in [1.29, 1.82) is 0 Å². The Labute approximate surface area is 73.4 Å². The van der Waals surface area contributed by atoms with Gasteiger partial charge in [-0.2, -0.15) is 11.8 Å². The maximum Gasteiger partial charge on any atom is 0.0166 e. The van der Waals surface area contributed by atoms with Crippen LogP contribution in [-0.2, 0) is 0 Å². The first-order valence-corrected chi connectivity index (χ1v) is 5.58. The summed E-state index contributed by atoms with van der Waals surface area (Å²) in [5, 5.41) is 0. The molecule has 2 aliphatic rings. The molecule has 0 aromatic heterocycles. The highest BCUT2D eigenvalue weighted by atomic mass is 32.2. The third kappa shape index (κ3) is 1.35. The van der Waals surface area contributed by atoms with E-state index in [2.05, 4.69) is 18.3 Å². The zero-order chi connectivity index (χ0) is 7.73. The van der Waals surface area contributed by atoms with Crippen LogP contribution >= 0.6 is 11.8 Å². The van der Waals surface area contributed by atoms with Crippen LogP contribution in [0.5, 0.6) is 0 Å². The number of rotatable bonds is 3. The van der Waals surface area contributed by atoms with Crippen molar-refractivity contribution in [1.82, 2.24) is 0 Å². The number of thioether (sulfide) groups is 1. The first-order chi connectivity index (χ1) is 5.35. The molecule has 2 aliphatic carbocycles. The molecule has 0 aromatic carbocycles. The van der Waals surface area contributed by atoms with Gasteiger partial charge in [-0.05, 0) is 38.0 Å². The Bertz CT molecular complexity index is 154. The molecule has 0 heterocycles. The highest BCUT2D eigenvalue weighted by molar-refractivity contribution is 8.00. The smallest absolute Gasteiger partial charge is 0.0166 e. The SMILES string of the molecule is C=CCSC12CCC(CC1)C2. The standard InChI is InChI=1S/C10H16S/c1-2-7-11-10-5-3-9(8-10)4-6-10/h2,9H,1,3-8H2. The van der Waals surface area contributed by atoms with E-state index in [0.29, 0.717) is 4.75 Å². The largest absolute Gasteiger partial charge is 0.151 e. The van der Waals surface area contributed by atoms with Crippen molar-refractivity contribution in [2.45, 2.75) is 36.9 Å². The second kappa shape index (κ2) is 2.85. The summed E-state index contributed by atoms with van der Waals surface area (Å²) in [6.45, 7) is 3.78. The molecule has 0 saturated heterocycles. The van der Waals surface area contributed by atoms with Crippen LogP contribution in [0.4, 0.5) is 0 Å². The molecule has 0 amide bonds. The van der Waals surface area contributed by atoms with Gasteiger partial charge >= 0.3 is 0 Å². The van der Waals surface area contributed by atoms with E-state index < -0.39 is 0 Å². The van der Waals surface area contributed by atoms with E-state index in [4.69, 9.17) is 0 Å².